The second-order valence-electron chi connectivity index (χ2n) is 3.82. The van der Waals surface area contributed by atoms with E-state index in [9.17, 15) is 0 Å². The minimum absolute atomic E-state index is 0.0250. The van der Waals surface area contributed by atoms with Crippen molar-refractivity contribution < 1.29 is 14.2 Å². The first kappa shape index (κ1) is 9.48. The molecule has 1 aromatic rings. The van der Waals surface area contributed by atoms with Gasteiger partial charge in [-0.25, -0.2) is 0 Å². The van der Waals surface area contributed by atoms with Crippen LogP contribution in [-0.4, -0.2) is 26.4 Å². The maximum atomic E-state index is 5.54. The highest BCUT2D eigenvalue weighted by atomic mass is 79.9. The van der Waals surface area contributed by atoms with Crippen LogP contribution < -0.4 is 9.47 Å². The molecule has 2 aliphatic heterocycles. The van der Waals surface area contributed by atoms with Crippen LogP contribution in [0.2, 0.25) is 0 Å². The lowest BCUT2D eigenvalue weighted by Gasteiger charge is -2.37. The molecule has 1 aromatic carbocycles. The van der Waals surface area contributed by atoms with Gasteiger partial charge in [-0.2, -0.15) is 0 Å². The van der Waals surface area contributed by atoms with Crippen molar-refractivity contribution in [3.05, 3.63) is 23.8 Å². The average Bonchev–Trinajstić information content (AvgIpc) is 2.25. The molecule has 0 atom stereocenters. The third-order valence-electron chi connectivity index (χ3n) is 2.72. The number of alkyl halides is 1. The Labute approximate surface area is 96.5 Å². The van der Waals surface area contributed by atoms with E-state index in [0.29, 0.717) is 26.4 Å². The van der Waals surface area contributed by atoms with E-state index in [0.717, 1.165) is 11.5 Å². The van der Waals surface area contributed by atoms with Gasteiger partial charge in [0.1, 0.15) is 13.2 Å². The van der Waals surface area contributed by atoms with Gasteiger partial charge in [-0.05, 0) is 17.7 Å². The van der Waals surface area contributed by atoms with E-state index in [2.05, 4.69) is 22.0 Å². The smallest absolute Gasteiger partial charge is 0.161 e. The van der Waals surface area contributed by atoms with Crippen LogP contribution in [0.4, 0.5) is 0 Å². The predicted molar refractivity (Wildman–Crippen MR) is 58.9 cm³/mol. The molecule has 0 spiro atoms. The van der Waals surface area contributed by atoms with E-state index < -0.39 is 0 Å². The van der Waals surface area contributed by atoms with Crippen molar-refractivity contribution >= 4 is 15.9 Å². The maximum Gasteiger partial charge on any atom is 0.161 e. The van der Waals surface area contributed by atoms with Crippen molar-refractivity contribution in [1.29, 1.82) is 0 Å². The monoisotopic (exact) mass is 270 g/mol. The molecule has 0 N–H and O–H groups in total. The highest BCUT2D eigenvalue weighted by Gasteiger charge is 2.38. The number of benzene rings is 1. The van der Waals surface area contributed by atoms with Gasteiger partial charge < -0.3 is 14.2 Å². The fourth-order valence-electron chi connectivity index (χ4n) is 1.77. The molecule has 3 nitrogen and oxygen atoms in total. The van der Waals surface area contributed by atoms with Crippen molar-refractivity contribution in [2.45, 2.75) is 4.32 Å². The van der Waals surface area contributed by atoms with E-state index in [4.69, 9.17) is 14.2 Å². The lowest BCUT2D eigenvalue weighted by molar-refractivity contribution is -0.00715. The van der Waals surface area contributed by atoms with Gasteiger partial charge in [-0.15, -0.1) is 0 Å². The first-order chi connectivity index (χ1) is 7.28. The van der Waals surface area contributed by atoms with Crippen LogP contribution in [0.1, 0.15) is 5.56 Å². The molecule has 2 heterocycles. The van der Waals surface area contributed by atoms with Gasteiger partial charge in [0.25, 0.3) is 0 Å². The first-order valence-electron chi connectivity index (χ1n) is 4.95. The Bertz CT molecular complexity index is 387. The molecular weight excluding hydrogens is 260 g/mol. The second-order valence-corrected chi connectivity index (χ2v) is 5.33. The van der Waals surface area contributed by atoms with E-state index in [-0.39, 0.29) is 4.32 Å². The Balaban J connectivity index is 1.97. The summed E-state index contributed by atoms with van der Waals surface area (Å²) in [6.45, 7) is 2.69. The van der Waals surface area contributed by atoms with E-state index in [1.807, 2.05) is 12.1 Å². The fourth-order valence-corrected chi connectivity index (χ4v) is 2.34. The van der Waals surface area contributed by atoms with Crippen molar-refractivity contribution in [1.82, 2.24) is 0 Å². The summed E-state index contributed by atoms with van der Waals surface area (Å²) in [5.41, 5.74) is 1.19. The van der Waals surface area contributed by atoms with Crippen LogP contribution in [0, 0.1) is 0 Å². The molecule has 15 heavy (non-hydrogen) atoms. The molecule has 2 aliphatic rings. The largest absolute Gasteiger partial charge is 0.486 e. The average molecular weight is 271 g/mol. The Kier molecular flexibility index (Phi) is 2.14. The summed E-state index contributed by atoms with van der Waals surface area (Å²) >= 11 is 3.68. The molecule has 0 amide bonds. The van der Waals surface area contributed by atoms with Crippen LogP contribution in [0.5, 0.6) is 11.5 Å². The number of hydrogen-bond donors (Lipinski definition) is 0. The van der Waals surface area contributed by atoms with Crippen LogP contribution in [0.15, 0.2) is 18.2 Å². The van der Waals surface area contributed by atoms with Crippen LogP contribution in [-0.2, 0) is 9.06 Å². The SMILES string of the molecule is BrC1(c2ccc3c(c2)OCCO3)COC1. The Morgan fingerprint density at radius 3 is 2.47 bits per heavy atom. The number of hydrogen-bond acceptors (Lipinski definition) is 3. The van der Waals surface area contributed by atoms with Crippen LogP contribution in [0.3, 0.4) is 0 Å². The summed E-state index contributed by atoms with van der Waals surface area (Å²) in [5.74, 6) is 1.67. The number of fused-ring (bicyclic) bond motifs is 1. The first-order valence-corrected chi connectivity index (χ1v) is 5.74. The summed E-state index contributed by atoms with van der Waals surface area (Å²) in [5, 5.41) is 0. The Morgan fingerprint density at radius 1 is 1.07 bits per heavy atom. The maximum absolute atomic E-state index is 5.54. The molecule has 80 valence electrons. The van der Waals surface area contributed by atoms with Gasteiger partial charge in [0.05, 0.1) is 17.5 Å². The van der Waals surface area contributed by atoms with Gasteiger partial charge in [-0.3, -0.25) is 0 Å². The van der Waals surface area contributed by atoms with Gasteiger partial charge in [0, 0.05) is 0 Å². The lowest BCUT2D eigenvalue weighted by atomic mass is 9.97. The van der Waals surface area contributed by atoms with Gasteiger partial charge >= 0.3 is 0 Å². The van der Waals surface area contributed by atoms with Crippen molar-refractivity contribution in [2.75, 3.05) is 26.4 Å². The Hall–Kier alpha value is -0.740. The molecule has 0 saturated carbocycles. The summed E-state index contributed by atoms with van der Waals surface area (Å²) in [6, 6.07) is 6.06. The van der Waals surface area contributed by atoms with E-state index in [1.165, 1.54) is 5.56 Å². The van der Waals surface area contributed by atoms with Crippen LogP contribution >= 0.6 is 15.9 Å². The molecule has 0 radical (unpaired) electrons. The third kappa shape index (κ3) is 1.52. The molecule has 1 fully saturated rings. The zero-order valence-corrected chi connectivity index (χ0v) is 9.75. The summed E-state index contributed by atoms with van der Waals surface area (Å²) in [7, 11) is 0. The van der Waals surface area contributed by atoms with Crippen LogP contribution in [0.25, 0.3) is 0 Å². The summed E-state index contributed by atoms with van der Waals surface area (Å²) in [6.07, 6.45) is 0. The number of halogens is 1. The Morgan fingerprint density at radius 2 is 1.80 bits per heavy atom. The third-order valence-corrected chi connectivity index (χ3v) is 3.64. The summed E-state index contributed by atoms with van der Waals surface area (Å²) in [4.78, 5) is 0. The predicted octanol–water partition coefficient (Wildman–Crippen LogP) is 2.08. The lowest BCUT2D eigenvalue weighted by Crippen LogP contribution is -2.41. The molecule has 3 rings (SSSR count). The highest BCUT2D eigenvalue weighted by Crippen LogP contribution is 2.42. The van der Waals surface area contributed by atoms with Gasteiger partial charge in [-0.1, -0.05) is 22.0 Å². The van der Waals surface area contributed by atoms with Crippen molar-refractivity contribution in [2.24, 2.45) is 0 Å². The van der Waals surface area contributed by atoms with E-state index in [1.54, 1.807) is 0 Å². The van der Waals surface area contributed by atoms with E-state index >= 15 is 0 Å². The number of ether oxygens (including phenoxy) is 3. The van der Waals surface area contributed by atoms with Crippen molar-refractivity contribution in [3.63, 3.8) is 0 Å². The zero-order chi connectivity index (χ0) is 10.3. The fraction of sp³-hybridized carbons (Fsp3) is 0.455. The van der Waals surface area contributed by atoms with Crippen molar-refractivity contribution in [3.8, 4) is 11.5 Å². The minimum Gasteiger partial charge on any atom is -0.486 e. The minimum atomic E-state index is -0.0250. The normalized spacial score (nSPS) is 21.9. The van der Waals surface area contributed by atoms with Gasteiger partial charge in [0.15, 0.2) is 11.5 Å². The zero-order valence-electron chi connectivity index (χ0n) is 8.16. The number of rotatable bonds is 1. The molecule has 0 bridgehead atoms. The molecule has 1 saturated heterocycles. The second kappa shape index (κ2) is 3.39. The molecule has 4 heteroatoms. The molecular formula is C11H11BrO3. The summed E-state index contributed by atoms with van der Waals surface area (Å²) < 4.78 is 16.2. The molecule has 0 aromatic heterocycles. The highest BCUT2D eigenvalue weighted by molar-refractivity contribution is 9.09. The topological polar surface area (TPSA) is 27.7 Å². The molecule has 0 unspecified atom stereocenters. The standard InChI is InChI=1S/C11H11BrO3/c12-11(6-13-7-11)8-1-2-9-10(5-8)15-4-3-14-9/h1-2,5H,3-4,6-7H2. The molecule has 0 aliphatic carbocycles. The quantitative estimate of drug-likeness (QED) is 0.732. The van der Waals surface area contributed by atoms with Gasteiger partial charge in [0.2, 0.25) is 0 Å².